The van der Waals surface area contributed by atoms with Gasteiger partial charge in [-0.2, -0.15) is 0 Å². The van der Waals surface area contributed by atoms with Crippen molar-refractivity contribution in [2.24, 2.45) is 0 Å². The lowest BCUT2D eigenvalue weighted by atomic mass is 10.0. The molecule has 0 saturated heterocycles. The Kier molecular flexibility index (Phi) is 6.15. The fourth-order valence-corrected chi connectivity index (χ4v) is 1.67. The molecule has 1 rings (SSSR count). The van der Waals surface area contributed by atoms with E-state index in [4.69, 9.17) is 9.47 Å². The molecule has 0 spiro atoms. The van der Waals surface area contributed by atoms with E-state index in [9.17, 15) is 4.79 Å². The number of quaternary nitrogens is 1. The number of ether oxygens (including phenoxy) is 3. The highest BCUT2D eigenvalue weighted by Gasteiger charge is 2.17. The van der Waals surface area contributed by atoms with E-state index in [1.807, 2.05) is 25.1 Å². The minimum absolute atomic E-state index is 0.165. The molecule has 0 amide bonds. The quantitative estimate of drug-likeness (QED) is 0.757. The Morgan fingerprint density at radius 2 is 2.05 bits per heavy atom. The van der Waals surface area contributed by atoms with Crippen LogP contribution in [0.1, 0.15) is 31.4 Å². The average molecular weight is 268 g/mol. The third-order valence-corrected chi connectivity index (χ3v) is 2.76. The lowest BCUT2D eigenvalue weighted by Gasteiger charge is -2.13. The van der Waals surface area contributed by atoms with Crippen LogP contribution in [0.4, 0.5) is 0 Å². The average Bonchev–Trinajstić information content (AvgIpc) is 2.44. The molecule has 0 aliphatic heterocycles. The number of esters is 1. The fourth-order valence-electron chi connectivity index (χ4n) is 1.67. The van der Waals surface area contributed by atoms with Gasteiger partial charge in [0.25, 0.3) is 0 Å². The summed E-state index contributed by atoms with van der Waals surface area (Å²) in [6, 6.07) is 5.42. The van der Waals surface area contributed by atoms with Crippen LogP contribution < -0.4 is 15.2 Å². The second-order valence-corrected chi connectivity index (χ2v) is 4.24. The predicted molar refractivity (Wildman–Crippen MR) is 71.0 cm³/mol. The van der Waals surface area contributed by atoms with Crippen molar-refractivity contribution in [2.45, 2.75) is 25.8 Å². The standard InChI is InChI=1S/C14H21NO4/c1-4-7-19-13-8-10(5-6-12(13)17-2)11(15)9-14(16)18-3/h5-6,8,11H,4,7,9,15H2,1-3H3/p+1/t11-/m0/s1. The molecule has 0 unspecified atom stereocenters. The molecule has 3 N–H and O–H groups in total. The number of rotatable bonds is 7. The summed E-state index contributed by atoms with van der Waals surface area (Å²) in [5.41, 5.74) is 4.90. The number of hydrogen-bond acceptors (Lipinski definition) is 4. The zero-order valence-electron chi connectivity index (χ0n) is 11.8. The van der Waals surface area contributed by atoms with Gasteiger partial charge in [0.1, 0.15) is 12.5 Å². The topological polar surface area (TPSA) is 72.4 Å². The molecular formula is C14H22NO4+. The summed E-state index contributed by atoms with van der Waals surface area (Å²) < 4.78 is 15.5. The molecule has 1 aromatic rings. The van der Waals surface area contributed by atoms with Crippen molar-refractivity contribution in [2.75, 3.05) is 20.8 Å². The van der Waals surface area contributed by atoms with Gasteiger partial charge < -0.3 is 19.9 Å². The Morgan fingerprint density at radius 3 is 2.63 bits per heavy atom. The van der Waals surface area contributed by atoms with Crippen molar-refractivity contribution in [1.82, 2.24) is 0 Å². The van der Waals surface area contributed by atoms with Crippen LogP contribution in [-0.4, -0.2) is 26.8 Å². The molecule has 5 heteroatoms. The summed E-state index contributed by atoms with van der Waals surface area (Å²) in [5.74, 6) is 1.09. The number of hydrogen-bond donors (Lipinski definition) is 1. The van der Waals surface area contributed by atoms with Gasteiger partial charge >= 0.3 is 5.97 Å². The molecule has 1 atom stereocenters. The molecule has 0 aliphatic rings. The molecule has 0 heterocycles. The van der Waals surface area contributed by atoms with Crippen molar-refractivity contribution in [3.05, 3.63) is 23.8 Å². The van der Waals surface area contributed by atoms with Crippen LogP contribution in [0.25, 0.3) is 0 Å². The maximum Gasteiger partial charge on any atom is 0.311 e. The summed E-state index contributed by atoms with van der Waals surface area (Å²) >= 11 is 0. The Labute approximate surface area is 113 Å². The summed E-state index contributed by atoms with van der Waals surface area (Å²) in [7, 11) is 2.98. The smallest absolute Gasteiger partial charge is 0.311 e. The van der Waals surface area contributed by atoms with Gasteiger partial charge in [0.15, 0.2) is 11.5 Å². The van der Waals surface area contributed by atoms with Crippen molar-refractivity contribution < 1.29 is 24.7 Å². The van der Waals surface area contributed by atoms with Crippen molar-refractivity contribution in [1.29, 1.82) is 0 Å². The van der Waals surface area contributed by atoms with Gasteiger partial charge in [-0.15, -0.1) is 0 Å². The monoisotopic (exact) mass is 268 g/mol. The minimum atomic E-state index is -0.271. The highest BCUT2D eigenvalue weighted by atomic mass is 16.5. The number of benzene rings is 1. The molecule has 0 aromatic heterocycles. The van der Waals surface area contributed by atoms with Crippen LogP contribution >= 0.6 is 0 Å². The van der Waals surface area contributed by atoms with Gasteiger partial charge in [-0.05, 0) is 24.6 Å². The highest BCUT2D eigenvalue weighted by molar-refractivity contribution is 5.70. The largest absolute Gasteiger partial charge is 0.493 e. The van der Waals surface area contributed by atoms with E-state index < -0.39 is 0 Å². The maximum absolute atomic E-state index is 11.3. The molecule has 106 valence electrons. The van der Waals surface area contributed by atoms with Crippen molar-refractivity contribution in [3.63, 3.8) is 0 Å². The first-order valence-electron chi connectivity index (χ1n) is 6.33. The van der Waals surface area contributed by atoms with Crippen molar-refractivity contribution >= 4 is 5.97 Å². The molecule has 0 saturated carbocycles. The Morgan fingerprint density at radius 1 is 1.32 bits per heavy atom. The van der Waals surface area contributed by atoms with Crippen LogP contribution in [-0.2, 0) is 9.53 Å². The van der Waals surface area contributed by atoms with Gasteiger partial charge in [0, 0.05) is 5.56 Å². The van der Waals surface area contributed by atoms with Crippen molar-refractivity contribution in [3.8, 4) is 11.5 Å². The van der Waals surface area contributed by atoms with Crippen LogP contribution in [0, 0.1) is 0 Å². The first kappa shape index (κ1) is 15.3. The summed E-state index contributed by atoms with van der Waals surface area (Å²) in [6.07, 6.45) is 1.17. The molecule has 0 bridgehead atoms. The second-order valence-electron chi connectivity index (χ2n) is 4.24. The second kappa shape index (κ2) is 7.63. The fraction of sp³-hybridized carbons (Fsp3) is 0.500. The number of carbonyl (C=O) groups excluding carboxylic acids is 1. The highest BCUT2D eigenvalue weighted by Crippen LogP contribution is 2.30. The lowest BCUT2D eigenvalue weighted by molar-refractivity contribution is -0.425. The third kappa shape index (κ3) is 4.44. The van der Waals surface area contributed by atoms with Gasteiger partial charge in [-0.25, -0.2) is 0 Å². The number of carbonyl (C=O) groups is 1. The third-order valence-electron chi connectivity index (χ3n) is 2.76. The molecule has 1 aromatic carbocycles. The first-order chi connectivity index (χ1) is 9.12. The zero-order valence-corrected chi connectivity index (χ0v) is 11.8. The van der Waals surface area contributed by atoms with E-state index >= 15 is 0 Å². The number of methoxy groups -OCH3 is 2. The van der Waals surface area contributed by atoms with Crippen LogP contribution in [0.3, 0.4) is 0 Å². The predicted octanol–water partition coefficient (Wildman–Crippen LogP) is 1.33. The molecule has 19 heavy (non-hydrogen) atoms. The van der Waals surface area contributed by atoms with Gasteiger partial charge in [-0.1, -0.05) is 6.92 Å². The van der Waals surface area contributed by atoms with Gasteiger partial charge in [0.05, 0.1) is 20.8 Å². The van der Waals surface area contributed by atoms with E-state index in [1.165, 1.54) is 7.11 Å². The van der Waals surface area contributed by atoms with Crippen LogP contribution in [0.15, 0.2) is 18.2 Å². The van der Waals surface area contributed by atoms with E-state index in [1.54, 1.807) is 7.11 Å². The van der Waals surface area contributed by atoms with E-state index in [-0.39, 0.29) is 18.4 Å². The molecule has 0 aliphatic carbocycles. The summed E-state index contributed by atoms with van der Waals surface area (Å²) in [4.78, 5) is 11.3. The molecule has 5 nitrogen and oxygen atoms in total. The van der Waals surface area contributed by atoms with E-state index in [0.717, 1.165) is 12.0 Å². The van der Waals surface area contributed by atoms with Crippen LogP contribution in [0.5, 0.6) is 11.5 Å². The summed E-state index contributed by atoms with van der Waals surface area (Å²) in [6.45, 7) is 2.66. The molecule has 0 radical (unpaired) electrons. The SMILES string of the molecule is CCCOc1cc([C@@H]([NH3+])CC(=O)OC)ccc1OC. The minimum Gasteiger partial charge on any atom is -0.493 e. The van der Waals surface area contributed by atoms with Crippen LogP contribution in [0.2, 0.25) is 0 Å². The maximum atomic E-state index is 11.3. The van der Waals surface area contributed by atoms with Gasteiger partial charge in [0.2, 0.25) is 0 Å². The normalized spacial score (nSPS) is 11.8. The molecule has 0 fully saturated rings. The lowest BCUT2D eigenvalue weighted by Crippen LogP contribution is -2.54. The Hall–Kier alpha value is -1.75. The molecular weight excluding hydrogens is 246 g/mol. The van der Waals surface area contributed by atoms with Gasteiger partial charge in [-0.3, -0.25) is 4.79 Å². The van der Waals surface area contributed by atoms with E-state index in [0.29, 0.717) is 18.1 Å². The summed E-state index contributed by atoms with van der Waals surface area (Å²) in [5, 5.41) is 0. The zero-order chi connectivity index (χ0) is 14.3. The Bertz CT molecular complexity index is 420. The van der Waals surface area contributed by atoms with E-state index in [2.05, 4.69) is 10.5 Å². The first-order valence-corrected chi connectivity index (χ1v) is 6.33. The Balaban J connectivity index is 2.87.